The molecule has 8 nitrogen and oxygen atoms in total. The first-order chi connectivity index (χ1) is 20.4. The van der Waals surface area contributed by atoms with Gasteiger partial charge in [-0.3, -0.25) is 9.52 Å². The van der Waals surface area contributed by atoms with E-state index in [4.69, 9.17) is 17.1 Å². The first kappa shape index (κ1) is 16.8. The van der Waals surface area contributed by atoms with E-state index in [1.807, 2.05) is 0 Å². The van der Waals surface area contributed by atoms with Gasteiger partial charge >= 0.3 is 5.97 Å². The lowest BCUT2D eigenvalue weighted by atomic mass is 9.83. The van der Waals surface area contributed by atoms with Crippen molar-refractivity contribution in [2.75, 3.05) is 18.1 Å². The summed E-state index contributed by atoms with van der Waals surface area (Å²) in [5, 5.41) is 9.79. The Bertz CT molecular complexity index is 1790. The molecule has 36 heavy (non-hydrogen) atoms. The number of aromatic amines is 1. The topological polar surface area (TPSA) is 126 Å². The molecule has 0 amide bonds. The molecule has 0 spiro atoms. The highest BCUT2D eigenvalue weighted by Gasteiger charge is 2.23. The maximum Gasteiger partial charge on any atom is 0.336 e. The van der Waals surface area contributed by atoms with E-state index in [9.17, 15) is 23.1 Å². The lowest BCUT2D eigenvalue weighted by Gasteiger charge is -2.24. The van der Waals surface area contributed by atoms with Crippen molar-refractivity contribution in [2.24, 2.45) is 0 Å². The lowest BCUT2D eigenvalue weighted by molar-refractivity contribution is 0.0696. The minimum absolute atomic E-state index is 0.0367. The van der Waals surface area contributed by atoms with Gasteiger partial charge in [-0.15, -0.1) is 0 Å². The number of nitrogens with one attached hydrogen (secondary N) is 2. The fourth-order valence-electron chi connectivity index (χ4n) is 3.58. The number of methoxy groups -OCH3 is 1. The molecule has 0 radical (unpaired) electrons. The monoisotopic (exact) mass is 519 g/mol. The zero-order valence-electron chi connectivity index (χ0n) is 28.6. The van der Waals surface area contributed by atoms with Gasteiger partial charge in [0.15, 0.2) is 0 Å². The van der Waals surface area contributed by atoms with E-state index in [2.05, 4.69) is 9.71 Å². The number of carbonyl (C=O) groups is 1. The standard InChI is InChI=1S/C27H30N2O6S/c1-16-7-12-21(25(30)28-16)19-13-18(24(35-5)23(14-19)27(2,3)4)9-8-17-10-11-20(29-36(6,33)34)15-22(17)26(31)32/h7-15,29H,1-6H3,(H,28,30)(H,31,32)/b9-8+/i2D3,3D3,4D3. The number of carboxylic acid groups (broad SMARTS) is 1. The van der Waals surface area contributed by atoms with Crippen LogP contribution in [0.25, 0.3) is 23.3 Å². The van der Waals surface area contributed by atoms with Crippen LogP contribution in [-0.2, 0) is 15.4 Å². The number of carboxylic acids is 1. The van der Waals surface area contributed by atoms with E-state index in [1.54, 1.807) is 6.92 Å². The maximum atomic E-state index is 12.9. The van der Waals surface area contributed by atoms with E-state index < -0.39 is 58.8 Å². The Hall–Kier alpha value is -3.85. The second-order valence-electron chi connectivity index (χ2n) is 8.10. The molecule has 0 saturated carbocycles. The third-order valence-electron chi connectivity index (χ3n) is 5.12. The highest BCUT2D eigenvalue weighted by Crippen LogP contribution is 2.38. The second-order valence-corrected chi connectivity index (χ2v) is 9.84. The first-order valence-corrected chi connectivity index (χ1v) is 12.3. The molecule has 0 aliphatic heterocycles. The van der Waals surface area contributed by atoms with E-state index >= 15 is 0 Å². The molecule has 0 atom stereocenters. The van der Waals surface area contributed by atoms with Crippen molar-refractivity contribution in [3.05, 3.63) is 80.8 Å². The summed E-state index contributed by atoms with van der Waals surface area (Å²) in [5.41, 5.74) is -4.90. The van der Waals surface area contributed by atoms with Crippen molar-refractivity contribution in [3.8, 4) is 16.9 Å². The molecule has 1 heterocycles. The molecule has 2 aromatic carbocycles. The fraction of sp³-hybridized carbons (Fsp3) is 0.259. The molecule has 3 rings (SSSR count). The molecule has 0 saturated heterocycles. The van der Waals surface area contributed by atoms with Crippen molar-refractivity contribution in [2.45, 2.75) is 32.9 Å². The number of sulfonamides is 1. The summed E-state index contributed by atoms with van der Waals surface area (Å²) in [7, 11) is -2.66. The van der Waals surface area contributed by atoms with Gasteiger partial charge in [0, 0.05) is 40.4 Å². The number of ether oxygens (including phenoxy) is 1. The molecule has 0 bridgehead atoms. The van der Waals surface area contributed by atoms with Crippen LogP contribution in [0.5, 0.6) is 5.75 Å². The number of anilines is 1. The van der Waals surface area contributed by atoms with Gasteiger partial charge in [-0.25, -0.2) is 13.2 Å². The van der Waals surface area contributed by atoms with E-state index in [0.717, 1.165) is 25.5 Å². The molecule has 0 unspecified atom stereocenters. The summed E-state index contributed by atoms with van der Waals surface area (Å²) in [6, 6.07) is 8.90. The van der Waals surface area contributed by atoms with Gasteiger partial charge in [0.1, 0.15) is 5.75 Å². The normalized spacial score (nSPS) is 16.8. The number of aromatic nitrogens is 1. The molecule has 190 valence electrons. The van der Waals surface area contributed by atoms with Gasteiger partial charge in [-0.05, 0) is 59.9 Å². The van der Waals surface area contributed by atoms with Crippen LogP contribution in [0.15, 0.2) is 47.3 Å². The highest BCUT2D eigenvalue weighted by molar-refractivity contribution is 7.92. The predicted molar refractivity (Wildman–Crippen MR) is 143 cm³/mol. The lowest BCUT2D eigenvalue weighted by Crippen LogP contribution is -2.15. The summed E-state index contributed by atoms with van der Waals surface area (Å²) < 4.78 is 105. The number of aromatic carboxylic acids is 1. The van der Waals surface area contributed by atoms with Gasteiger partial charge < -0.3 is 14.8 Å². The van der Waals surface area contributed by atoms with Crippen LogP contribution in [0, 0.1) is 6.92 Å². The van der Waals surface area contributed by atoms with Crippen molar-refractivity contribution < 1.29 is 35.4 Å². The number of benzene rings is 2. The summed E-state index contributed by atoms with van der Waals surface area (Å²) in [5.74, 6) is -1.88. The third-order valence-corrected chi connectivity index (χ3v) is 5.73. The van der Waals surface area contributed by atoms with Gasteiger partial charge in [-0.2, -0.15) is 0 Å². The van der Waals surface area contributed by atoms with Crippen LogP contribution < -0.4 is 15.0 Å². The molecule has 0 aliphatic carbocycles. The second kappa shape index (κ2) is 10.0. The summed E-state index contributed by atoms with van der Waals surface area (Å²) >= 11 is 0. The zero-order valence-corrected chi connectivity index (χ0v) is 20.4. The third kappa shape index (κ3) is 6.23. The van der Waals surface area contributed by atoms with Gasteiger partial charge in [0.05, 0.1) is 18.9 Å². The van der Waals surface area contributed by atoms with Crippen molar-refractivity contribution >= 4 is 33.8 Å². The predicted octanol–water partition coefficient (Wildman–Crippen LogP) is 4.90. The van der Waals surface area contributed by atoms with Crippen LogP contribution in [0.2, 0.25) is 0 Å². The van der Waals surface area contributed by atoms with Gasteiger partial charge in [0.25, 0.3) is 5.56 Å². The van der Waals surface area contributed by atoms with Crippen molar-refractivity contribution in [1.29, 1.82) is 0 Å². The molecular formula is C27H30N2O6S. The number of hydrogen-bond donors (Lipinski definition) is 3. The van der Waals surface area contributed by atoms with Gasteiger partial charge in [-0.1, -0.05) is 38.8 Å². The molecule has 0 aliphatic rings. The minimum Gasteiger partial charge on any atom is -0.496 e. The van der Waals surface area contributed by atoms with E-state index in [0.29, 0.717) is 5.69 Å². The number of aryl methyl sites for hydroxylation is 1. The Morgan fingerprint density at radius 3 is 2.39 bits per heavy atom. The van der Waals surface area contributed by atoms with Crippen LogP contribution in [0.4, 0.5) is 5.69 Å². The summed E-state index contributed by atoms with van der Waals surface area (Å²) in [4.78, 5) is 27.6. The number of pyridine rings is 1. The van der Waals surface area contributed by atoms with E-state index in [1.165, 1.54) is 42.5 Å². The molecule has 3 aromatic rings. The molecule has 1 aromatic heterocycles. The smallest absolute Gasteiger partial charge is 0.336 e. The fourth-order valence-corrected chi connectivity index (χ4v) is 4.14. The average Bonchev–Trinajstić information content (AvgIpc) is 2.84. The SMILES string of the molecule is [2H]C([2H])([2H])C(c1cc(-c2ccc(C)[nH]c2=O)cc(/C=C/c2ccc(NS(C)(=O)=O)cc2C(=O)O)c1OC)(C([2H])([2H])[2H])C([2H])([2H])[2H]. The molecule has 3 N–H and O–H groups in total. The number of H-pyrrole nitrogens is 1. The Balaban J connectivity index is 2.49. The summed E-state index contributed by atoms with van der Waals surface area (Å²) in [6.45, 7) is -9.36. The quantitative estimate of drug-likeness (QED) is 0.381. The largest absolute Gasteiger partial charge is 0.496 e. The van der Waals surface area contributed by atoms with Crippen LogP contribution in [0.3, 0.4) is 0 Å². The van der Waals surface area contributed by atoms with E-state index in [-0.39, 0.29) is 33.5 Å². The first-order valence-electron chi connectivity index (χ1n) is 14.9. The Morgan fingerprint density at radius 2 is 1.81 bits per heavy atom. The van der Waals surface area contributed by atoms with Crippen LogP contribution in [-0.4, -0.2) is 37.8 Å². The summed E-state index contributed by atoms with van der Waals surface area (Å²) in [6.07, 6.45) is 3.37. The molecule has 0 fully saturated rings. The highest BCUT2D eigenvalue weighted by atomic mass is 32.2. The Kier molecular flexibility index (Phi) is 4.67. The Labute approximate surface area is 223 Å². The number of rotatable bonds is 7. The molecular weight excluding hydrogens is 480 g/mol. The van der Waals surface area contributed by atoms with Crippen LogP contribution >= 0.6 is 0 Å². The number of hydrogen-bond acceptors (Lipinski definition) is 5. The van der Waals surface area contributed by atoms with Crippen molar-refractivity contribution in [3.63, 3.8) is 0 Å². The maximum absolute atomic E-state index is 12.9. The Morgan fingerprint density at radius 1 is 1.11 bits per heavy atom. The minimum atomic E-state index is -3.73. The zero-order chi connectivity index (χ0) is 34.3. The van der Waals surface area contributed by atoms with Crippen LogP contribution in [0.1, 0.15) is 65.6 Å². The average molecular weight is 520 g/mol. The van der Waals surface area contributed by atoms with Crippen molar-refractivity contribution in [1.82, 2.24) is 4.98 Å². The molecule has 9 heteroatoms. The van der Waals surface area contributed by atoms with Gasteiger partial charge in [0.2, 0.25) is 10.0 Å².